The first-order valence-electron chi connectivity index (χ1n) is 6.07. The van der Waals surface area contributed by atoms with Crippen molar-refractivity contribution in [3.63, 3.8) is 0 Å². The molecular weight excluding hydrogens is 204 g/mol. The molecule has 1 saturated carbocycles. The summed E-state index contributed by atoms with van der Waals surface area (Å²) in [5, 5.41) is 12.3. The molecule has 0 heterocycles. The second kappa shape index (κ2) is 5.15. The summed E-state index contributed by atoms with van der Waals surface area (Å²) in [4.78, 5) is 13.3. The number of hydrogen-bond donors (Lipinski definition) is 2. The molecule has 0 aromatic carbocycles. The summed E-state index contributed by atoms with van der Waals surface area (Å²) in [6, 6.07) is -0.0115. The molecule has 0 amide bonds. The molecule has 1 fully saturated rings. The van der Waals surface area contributed by atoms with E-state index < -0.39 is 12.0 Å². The number of aliphatic carboxylic acids is 1. The van der Waals surface area contributed by atoms with Gasteiger partial charge in [0, 0.05) is 18.1 Å². The first-order valence-corrected chi connectivity index (χ1v) is 6.07. The molecule has 1 unspecified atom stereocenters. The van der Waals surface area contributed by atoms with E-state index in [0.717, 1.165) is 19.3 Å². The number of hydrogen-bond acceptors (Lipinski definition) is 3. The van der Waals surface area contributed by atoms with Crippen molar-refractivity contribution in [2.45, 2.75) is 57.7 Å². The number of nitrogens with one attached hydrogen (secondary N) is 1. The first kappa shape index (κ1) is 13.5. The Bertz CT molecular complexity index is 249. The monoisotopic (exact) mass is 228 g/mol. The third kappa shape index (κ3) is 3.76. The summed E-state index contributed by atoms with van der Waals surface area (Å²) >= 11 is 0. The lowest BCUT2D eigenvalue weighted by Gasteiger charge is -2.36. The van der Waals surface area contributed by atoms with E-state index in [1.807, 2.05) is 7.05 Å². The minimum Gasteiger partial charge on any atom is -0.480 e. The summed E-state index contributed by atoms with van der Waals surface area (Å²) < 4.78 is 0. The zero-order chi connectivity index (χ0) is 12.3. The molecule has 16 heavy (non-hydrogen) atoms. The molecule has 1 atom stereocenters. The molecular formula is C12H24N2O2. The minimum absolute atomic E-state index is 0.0545. The van der Waals surface area contributed by atoms with E-state index in [-0.39, 0.29) is 5.54 Å². The van der Waals surface area contributed by atoms with Gasteiger partial charge < -0.3 is 10.4 Å². The van der Waals surface area contributed by atoms with E-state index >= 15 is 0 Å². The lowest BCUT2D eigenvalue weighted by atomic mass is 9.99. The molecule has 1 rings (SSSR count). The molecule has 0 bridgehead atoms. The second-order valence-electron chi connectivity index (χ2n) is 5.38. The van der Waals surface area contributed by atoms with E-state index in [4.69, 9.17) is 5.11 Å². The molecule has 4 nitrogen and oxygen atoms in total. The quantitative estimate of drug-likeness (QED) is 0.690. The number of carbonyl (C=O) groups is 1. The Balaban J connectivity index is 2.49. The normalized spacial score (nSPS) is 18.8. The van der Waals surface area contributed by atoms with Crippen LogP contribution in [0.4, 0.5) is 0 Å². The predicted octanol–water partition coefficient (Wildman–Crippen LogP) is 1.31. The molecule has 94 valence electrons. The van der Waals surface area contributed by atoms with Crippen molar-refractivity contribution in [3.8, 4) is 0 Å². The highest BCUT2D eigenvalue weighted by molar-refractivity contribution is 5.73. The molecule has 0 aliphatic heterocycles. The van der Waals surface area contributed by atoms with E-state index in [2.05, 4.69) is 31.0 Å². The van der Waals surface area contributed by atoms with Crippen LogP contribution in [0.25, 0.3) is 0 Å². The summed E-state index contributed by atoms with van der Waals surface area (Å²) in [7, 11) is 1.99. The summed E-state index contributed by atoms with van der Waals surface area (Å²) in [6.07, 6.45) is 3.24. The van der Waals surface area contributed by atoms with Crippen LogP contribution in [-0.4, -0.2) is 47.2 Å². The van der Waals surface area contributed by atoms with Crippen LogP contribution in [0.1, 0.15) is 40.0 Å². The fraction of sp³-hybridized carbons (Fsp3) is 0.917. The molecule has 0 radical (unpaired) electrons. The van der Waals surface area contributed by atoms with Gasteiger partial charge in [0.25, 0.3) is 0 Å². The van der Waals surface area contributed by atoms with Gasteiger partial charge in [0.2, 0.25) is 0 Å². The standard InChI is InChI=1S/C12H24N2O2/c1-5-12(2,3)14(4)8-10(11(15)16)13-9-6-7-9/h9-10,13H,5-8H2,1-4H3,(H,15,16). The van der Waals surface area contributed by atoms with Crippen LogP contribution >= 0.6 is 0 Å². The van der Waals surface area contributed by atoms with Crippen LogP contribution < -0.4 is 5.32 Å². The summed E-state index contributed by atoms with van der Waals surface area (Å²) in [5.74, 6) is -0.745. The molecule has 1 aliphatic carbocycles. The van der Waals surface area contributed by atoms with Crippen LogP contribution in [0.15, 0.2) is 0 Å². The Hall–Kier alpha value is -0.610. The fourth-order valence-electron chi connectivity index (χ4n) is 1.53. The number of rotatable bonds is 7. The Labute approximate surface area is 98.0 Å². The maximum absolute atomic E-state index is 11.1. The maximum atomic E-state index is 11.1. The fourth-order valence-corrected chi connectivity index (χ4v) is 1.53. The van der Waals surface area contributed by atoms with E-state index in [1.54, 1.807) is 0 Å². The van der Waals surface area contributed by atoms with Crippen LogP contribution in [0, 0.1) is 0 Å². The van der Waals surface area contributed by atoms with Gasteiger partial charge in [-0.2, -0.15) is 0 Å². The van der Waals surface area contributed by atoms with Gasteiger partial charge in [-0.05, 0) is 40.2 Å². The van der Waals surface area contributed by atoms with Crippen molar-refractivity contribution in [1.82, 2.24) is 10.2 Å². The van der Waals surface area contributed by atoms with E-state index in [1.165, 1.54) is 0 Å². The maximum Gasteiger partial charge on any atom is 0.322 e. The second-order valence-corrected chi connectivity index (χ2v) is 5.38. The van der Waals surface area contributed by atoms with Gasteiger partial charge in [0.1, 0.15) is 6.04 Å². The van der Waals surface area contributed by atoms with Crippen LogP contribution in [0.5, 0.6) is 0 Å². The largest absolute Gasteiger partial charge is 0.480 e. The lowest BCUT2D eigenvalue weighted by molar-refractivity contribution is -0.140. The smallest absolute Gasteiger partial charge is 0.322 e. The zero-order valence-electron chi connectivity index (χ0n) is 10.8. The van der Waals surface area contributed by atoms with Crippen molar-refractivity contribution in [1.29, 1.82) is 0 Å². The van der Waals surface area contributed by atoms with Gasteiger partial charge in [0.05, 0.1) is 0 Å². The van der Waals surface area contributed by atoms with Crippen molar-refractivity contribution in [3.05, 3.63) is 0 Å². The molecule has 1 aliphatic rings. The van der Waals surface area contributed by atoms with Crippen molar-refractivity contribution in [2.24, 2.45) is 0 Å². The number of nitrogens with zero attached hydrogens (tertiary/aromatic N) is 1. The molecule has 0 spiro atoms. The molecule has 0 aromatic rings. The number of carboxylic acids is 1. The minimum atomic E-state index is -0.745. The highest BCUT2D eigenvalue weighted by Crippen LogP contribution is 2.21. The number of likely N-dealkylation sites (N-methyl/N-ethyl adjacent to an activating group) is 1. The predicted molar refractivity (Wildman–Crippen MR) is 64.6 cm³/mol. The Morgan fingerprint density at radius 2 is 2.12 bits per heavy atom. The zero-order valence-corrected chi connectivity index (χ0v) is 10.8. The van der Waals surface area contributed by atoms with Crippen molar-refractivity contribution < 1.29 is 9.90 Å². The molecule has 4 heteroatoms. The SMILES string of the molecule is CCC(C)(C)N(C)CC(NC1CC1)C(=O)O. The molecule has 0 aromatic heterocycles. The van der Waals surface area contributed by atoms with Gasteiger partial charge in [-0.15, -0.1) is 0 Å². The average molecular weight is 228 g/mol. The van der Waals surface area contributed by atoms with Crippen molar-refractivity contribution in [2.75, 3.05) is 13.6 Å². The lowest BCUT2D eigenvalue weighted by Crippen LogP contribution is -2.51. The molecule has 2 N–H and O–H groups in total. The first-order chi connectivity index (χ1) is 7.36. The summed E-state index contributed by atoms with van der Waals surface area (Å²) in [5.41, 5.74) is 0.0545. The van der Waals surface area contributed by atoms with Crippen LogP contribution in [0.3, 0.4) is 0 Å². The van der Waals surface area contributed by atoms with E-state index in [9.17, 15) is 4.79 Å². The average Bonchev–Trinajstić information content (AvgIpc) is 3.00. The van der Waals surface area contributed by atoms with Gasteiger partial charge in [-0.3, -0.25) is 9.69 Å². The van der Waals surface area contributed by atoms with Gasteiger partial charge in [-0.1, -0.05) is 6.92 Å². The topological polar surface area (TPSA) is 52.6 Å². The van der Waals surface area contributed by atoms with Crippen LogP contribution in [0.2, 0.25) is 0 Å². The molecule has 0 saturated heterocycles. The summed E-state index contributed by atoms with van der Waals surface area (Å²) in [6.45, 7) is 6.97. The van der Waals surface area contributed by atoms with E-state index in [0.29, 0.717) is 12.6 Å². The Morgan fingerprint density at radius 3 is 2.50 bits per heavy atom. The Morgan fingerprint density at radius 1 is 1.56 bits per heavy atom. The van der Waals surface area contributed by atoms with Crippen molar-refractivity contribution >= 4 is 5.97 Å². The van der Waals surface area contributed by atoms with Crippen LogP contribution in [-0.2, 0) is 4.79 Å². The Kier molecular flexibility index (Phi) is 4.33. The third-order valence-electron chi connectivity index (χ3n) is 3.67. The number of carboxylic acid groups (broad SMARTS) is 1. The third-order valence-corrected chi connectivity index (χ3v) is 3.67. The van der Waals surface area contributed by atoms with Gasteiger partial charge in [-0.25, -0.2) is 0 Å². The highest BCUT2D eigenvalue weighted by atomic mass is 16.4. The highest BCUT2D eigenvalue weighted by Gasteiger charge is 2.31. The van der Waals surface area contributed by atoms with Gasteiger partial charge >= 0.3 is 5.97 Å². The van der Waals surface area contributed by atoms with Gasteiger partial charge in [0.15, 0.2) is 0 Å².